The Kier molecular flexibility index (Phi) is 6.10. The Hall–Kier alpha value is -3.28. The molecule has 0 aliphatic carbocycles. The van der Waals surface area contributed by atoms with Crippen LogP contribution in [0.4, 0.5) is 10.3 Å². The van der Waals surface area contributed by atoms with Crippen molar-refractivity contribution in [2.24, 2.45) is 0 Å². The van der Waals surface area contributed by atoms with Gasteiger partial charge >= 0.3 is 0 Å². The molecule has 0 spiro atoms. The second-order valence-corrected chi connectivity index (χ2v) is 6.22. The van der Waals surface area contributed by atoms with Crippen molar-refractivity contribution in [1.82, 2.24) is 14.9 Å². The summed E-state index contributed by atoms with van der Waals surface area (Å²) in [7, 11) is 1.75. The van der Waals surface area contributed by atoms with Gasteiger partial charge in [0.1, 0.15) is 11.5 Å². The van der Waals surface area contributed by atoms with Gasteiger partial charge in [-0.15, -0.1) is 0 Å². The van der Waals surface area contributed by atoms with Crippen LogP contribution in [-0.4, -0.2) is 34.4 Å². The van der Waals surface area contributed by atoms with E-state index in [1.54, 1.807) is 36.3 Å². The van der Waals surface area contributed by atoms with Gasteiger partial charge in [0, 0.05) is 26.3 Å². The Bertz CT molecular complexity index is 884. The summed E-state index contributed by atoms with van der Waals surface area (Å²) in [6.07, 6.45) is 2.27. The normalized spacial score (nSPS) is 10.4. The number of nitrogens with zero attached hydrogens (tertiary/aromatic N) is 3. The molecule has 3 rings (SSSR count). The monoisotopic (exact) mass is 364 g/mol. The number of amides is 1. The van der Waals surface area contributed by atoms with Gasteiger partial charge in [0.15, 0.2) is 0 Å². The summed E-state index contributed by atoms with van der Waals surface area (Å²) in [6.45, 7) is 1.10. The largest absolute Gasteiger partial charge is 0.354 e. The molecule has 5 nitrogen and oxygen atoms in total. The molecule has 138 valence electrons. The van der Waals surface area contributed by atoms with Crippen LogP contribution in [0.25, 0.3) is 0 Å². The summed E-state index contributed by atoms with van der Waals surface area (Å²) >= 11 is 0. The Morgan fingerprint density at radius 1 is 1.04 bits per heavy atom. The first-order valence-electron chi connectivity index (χ1n) is 8.72. The van der Waals surface area contributed by atoms with E-state index in [2.05, 4.69) is 15.3 Å². The van der Waals surface area contributed by atoms with Gasteiger partial charge in [-0.05, 0) is 35.7 Å². The molecule has 0 aliphatic heterocycles. The summed E-state index contributed by atoms with van der Waals surface area (Å²) < 4.78 is 12.9. The molecule has 0 radical (unpaired) electrons. The van der Waals surface area contributed by atoms with Crippen molar-refractivity contribution < 1.29 is 9.18 Å². The summed E-state index contributed by atoms with van der Waals surface area (Å²) in [6, 6.07) is 17.8. The minimum atomic E-state index is -0.249. The van der Waals surface area contributed by atoms with E-state index in [4.69, 9.17) is 0 Å². The van der Waals surface area contributed by atoms with Crippen LogP contribution in [0.3, 0.4) is 0 Å². The van der Waals surface area contributed by atoms with Crippen molar-refractivity contribution >= 4 is 11.9 Å². The summed E-state index contributed by atoms with van der Waals surface area (Å²) in [4.78, 5) is 22.7. The molecule has 1 amide bonds. The Morgan fingerprint density at radius 2 is 1.78 bits per heavy atom. The lowest BCUT2D eigenvalue weighted by Gasteiger charge is -2.17. The first-order chi connectivity index (χ1) is 13.1. The van der Waals surface area contributed by atoms with E-state index in [1.165, 1.54) is 12.1 Å². The Balaban J connectivity index is 1.57. The van der Waals surface area contributed by atoms with Crippen molar-refractivity contribution in [2.75, 3.05) is 18.9 Å². The van der Waals surface area contributed by atoms with Crippen LogP contribution in [0.5, 0.6) is 0 Å². The topological polar surface area (TPSA) is 58.1 Å². The Morgan fingerprint density at radius 3 is 2.52 bits per heavy atom. The molecule has 0 saturated heterocycles. The van der Waals surface area contributed by atoms with Crippen LogP contribution in [0.2, 0.25) is 0 Å². The highest BCUT2D eigenvalue weighted by Crippen LogP contribution is 2.09. The molecule has 27 heavy (non-hydrogen) atoms. The number of nitrogens with one attached hydrogen (secondary N) is 1. The van der Waals surface area contributed by atoms with Gasteiger partial charge in [-0.1, -0.05) is 42.5 Å². The van der Waals surface area contributed by atoms with E-state index in [9.17, 15) is 9.18 Å². The fraction of sp³-hybridized carbons (Fsp3) is 0.190. The standard InChI is InChI=1S/C21H21FN4O/c1-26(15-17-5-3-2-4-6-17)20(27)19-12-14-24-21(25-19)23-13-11-16-7-9-18(22)10-8-16/h2-10,12,14H,11,13,15H2,1H3,(H,23,24,25). The lowest BCUT2D eigenvalue weighted by atomic mass is 10.1. The predicted octanol–water partition coefficient (Wildman–Crippen LogP) is 3.54. The number of hydrogen-bond acceptors (Lipinski definition) is 4. The van der Waals surface area contributed by atoms with Gasteiger partial charge in [0.25, 0.3) is 5.91 Å². The SMILES string of the molecule is CN(Cc1ccccc1)C(=O)c1ccnc(NCCc2ccc(F)cc2)n1. The zero-order valence-corrected chi connectivity index (χ0v) is 15.1. The maximum absolute atomic E-state index is 12.9. The van der Waals surface area contributed by atoms with Crippen LogP contribution < -0.4 is 5.32 Å². The number of anilines is 1. The molecule has 1 N–H and O–H groups in total. The fourth-order valence-corrected chi connectivity index (χ4v) is 2.66. The van der Waals surface area contributed by atoms with Gasteiger partial charge in [0.2, 0.25) is 5.95 Å². The number of halogens is 1. The fourth-order valence-electron chi connectivity index (χ4n) is 2.66. The van der Waals surface area contributed by atoms with Crippen molar-refractivity contribution in [2.45, 2.75) is 13.0 Å². The van der Waals surface area contributed by atoms with Crippen LogP contribution in [-0.2, 0) is 13.0 Å². The third kappa shape index (κ3) is 5.34. The molecule has 3 aromatic rings. The quantitative estimate of drug-likeness (QED) is 0.697. The van der Waals surface area contributed by atoms with Crippen molar-refractivity contribution in [3.05, 3.63) is 89.5 Å². The highest BCUT2D eigenvalue weighted by Gasteiger charge is 2.14. The van der Waals surface area contributed by atoms with Gasteiger partial charge in [-0.25, -0.2) is 14.4 Å². The van der Waals surface area contributed by atoms with E-state index in [1.807, 2.05) is 30.3 Å². The smallest absolute Gasteiger partial charge is 0.272 e. The average molecular weight is 364 g/mol. The van der Waals surface area contributed by atoms with E-state index in [0.717, 1.165) is 11.1 Å². The maximum atomic E-state index is 12.9. The molecule has 0 aliphatic rings. The number of hydrogen-bond donors (Lipinski definition) is 1. The van der Waals surface area contributed by atoms with Crippen molar-refractivity contribution in [3.8, 4) is 0 Å². The lowest BCUT2D eigenvalue weighted by Crippen LogP contribution is -2.27. The lowest BCUT2D eigenvalue weighted by molar-refractivity contribution is 0.0779. The van der Waals surface area contributed by atoms with Crippen LogP contribution in [0.15, 0.2) is 66.9 Å². The van der Waals surface area contributed by atoms with E-state index in [-0.39, 0.29) is 11.7 Å². The number of benzene rings is 2. The molecular weight excluding hydrogens is 343 g/mol. The molecule has 0 bridgehead atoms. The first kappa shape index (κ1) is 18.5. The molecule has 0 unspecified atom stereocenters. The minimum absolute atomic E-state index is 0.164. The summed E-state index contributed by atoms with van der Waals surface area (Å²) in [5.41, 5.74) is 2.41. The maximum Gasteiger partial charge on any atom is 0.272 e. The highest BCUT2D eigenvalue weighted by atomic mass is 19.1. The first-order valence-corrected chi connectivity index (χ1v) is 8.72. The third-order valence-electron chi connectivity index (χ3n) is 4.09. The zero-order chi connectivity index (χ0) is 19.1. The predicted molar refractivity (Wildman–Crippen MR) is 103 cm³/mol. The molecule has 2 aromatic carbocycles. The minimum Gasteiger partial charge on any atom is -0.354 e. The molecule has 0 atom stereocenters. The third-order valence-corrected chi connectivity index (χ3v) is 4.09. The summed E-state index contributed by atoms with van der Waals surface area (Å²) in [5.74, 6) is -0.0141. The highest BCUT2D eigenvalue weighted by molar-refractivity contribution is 5.92. The van der Waals surface area contributed by atoms with Gasteiger partial charge in [-0.2, -0.15) is 0 Å². The van der Waals surface area contributed by atoms with Crippen molar-refractivity contribution in [3.63, 3.8) is 0 Å². The number of rotatable bonds is 7. The molecule has 6 heteroatoms. The molecule has 0 saturated carbocycles. The number of carbonyl (C=O) groups excluding carboxylic acids is 1. The van der Waals surface area contributed by atoms with E-state index < -0.39 is 0 Å². The van der Waals surface area contributed by atoms with Crippen LogP contribution >= 0.6 is 0 Å². The average Bonchev–Trinajstić information content (AvgIpc) is 2.70. The zero-order valence-electron chi connectivity index (χ0n) is 15.1. The van der Waals surface area contributed by atoms with E-state index in [0.29, 0.717) is 31.2 Å². The number of carbonyl (C=O) groups is 1. The second-order valence-electron chi connectivity index (χ2n) is 6.22. The van der Waals surface area contributed by atoms with Gasteiger partial charge in [-0.3, -0.25) is 4.79 Å². The van der Waals surface area contributed by atoms with Crippen LogP contribution in [0.1, 0.15) is 21.6 Å². The Labute approximate surface area is 157 Å². The molecule has 1 aromatic heterocycles. The molecule has 0 fully saturated rings. The summed E-state index contributed by atoms with van der Waals surface area (Å²) in [5, 5.41) is 3.10. The van der Waals surface area contributed by atoms with Gasteiger partial charge < -0.3 is 10.2 Å². The van der Waals surface area contributed by atoms with Crippen molar-refractivity contribution in [1.29, 1.82) is 0 Å². The second kappa shape index (κ2) is 8.89. The van der Waals surface area contributed by atoms with Crippen LogP contribution in [0, 0.1) is 5.82 Å². The van der Waals surface area contributed by atoms with E-state index >= 15 is 0 Å². The van der Waals surface area contributed by atoms with Gasteiger partial charge in [0.05, 0.1) is 0 Å². The molecule has 1 heterocycles. The number of aromatic nitrogens is 2. The molecular formula is C21H21FN4O.